The summed E-state index contributed by atoms with van der Waals surface area (Å²) >= 11 is 9.39. The van der Waals surface area contributed by atoms with E-state index in [2.05, 4.69) is 21.2 Å². The highest BCUT2D eigenvalue weighted by Gasteiger charge is 2.18. The Morgan fingerprint density at radius 3 is 2.62 bits per heavy atom. The molecule has 0 bridgehead atoms. The van der Waals surface area contributed by atoms with E-state index in [1.165, 1.54) is 7.11 Å². The number of halogens is 2. The average molecular weight is 369 g/mol. The highest BCUT2D eigenvalue weighted by Crippen LogP contribution is 2.24. The van der Waals surface area contributed by atoms with Gasteiger partial charge in [-0.05, 0) is 23.8 Å². The Balaban J connectivity index is 2.22. The van der Waals surface area contributed by atoms with Crippen LogP contribution in [-0.4, -0.2) is 18.3 Å². The molecule has 2 rings (SSSR count). The zero-order chi connectivity index (χ0) is 15.2. The van der Waals surface area contributed by atoms with E-state index in [0.717, 1.165) is 5.56 Å². The van der Waals surface area contributed by atoms with Gasteiger partial charge in [0, 0.05) is 10.4 Å². The fourth-order valence-corrected chi connectivity index (χ4v) is 2.70. The molecule has 2 aromatic rings. The molecule has 21 heavy (non-hydrogen) atoms. The fourth-order valence-electron chi connectivity index (χ4n) is 1.99. The molecule has 1 amide bonds. The summed E-state index contributed by atoms with van der Waals surface area (Å²) in [6.07, 6.45) is 0. The quantitative estimate of drug-likeness (QED) is 0.803. The molecule has 110 valence electrons. The summed E-state index contributed by atoms with van der Waals surface area (Å²) < 4.78 is 5.21. The van der Waals surface area contributed by atoms with Crippen LogP contribution in [0.2, 0.25) is 5.02 Å². The predicted molar refractivity (Wildman–Crippen MR) is 88.4 cm³/mol. The van der Waals surface area contributed by atoms with E-state index in [1.54, 1.807) is 18.2 Å². The first-order chi connectivity index (χ1) is 10.2. The van der Waals surface area contributed by atoms with E-state index >= 15 is 0 Å². The molecule has 5 heteroatoms. The third-order valence-corrected chi connectivity index (χ3v) is 3.95. The van der Waals surface area contributed by atoms with Gasteiger partial charge in [0.15, 0.2) is 0 Å². The number of nitrogens with one attached hydrogen (secondary N) is 1. The summed E-state index contributed by atoms with van der Waals surface area (Å²) in [7, 11) is 1.53. The predicted octanol–water partition coefficient (Wildman–Crippen LogP) is 4.21. The highest BCUT2D eigenvalue weighted by molar-refractivity contribution is 9.09. The van der Waals surface area contributed by atoms with Gasteiger partial charge in [0.25, 0.3) is 5.91 Å². The van der Waals surface area contributed by atoms with Crippen molar-refractivity contribution >= 4 is 33.4 Å². The van der Waals surface area contributed by atoms with Gasteiger partial charge in [-0.2, -0.15) is 0 Å². The zero-order valence-corrected chi connectivity index (χ0v) is 13.8. The molecular formula is C16H15BrClNO2. The summed E-state index contributed by atoms with van der Waals surface area (Å²) in [4.78, 5) is 12.4. The van der Waals surface area contributed by atoms with Gasteiger partial charge in [0.2, 0.25) is 0 Å². The van der Waals surface area contributed by atoms with Crippen molar-refractivity contribution in [2.24, 2.45) is 0 Å². The Morgan fingerprint density at radius 1 is 1.29 bits per heavy atom. The highest BCUT2D eigenvalue weighted by atomic mass is 79.9. The summed E-state index contributed by atoms with van der Waals surface area (Å²) in [6.45, 7) is 0. The first kappa shape index (κ1) is 15.9. The van der Waals surface area contributed by atoms with Crippen LogP contribution >= 0.6 is 27.5 Å². The first-order valence-corrected chi connectivity index (χ1v) is 7.91. The van der Waals surface area contributed by atoms with Crippen molar-refractivity contribution in [2.45, 2.75) is 6.04 Å². The van der Waals surface area contributed by atoms with Crippen molar-refractivity contribution < 1.29 is 9.53 Å². The monoisotopic (exact) mass is 367 g/mol. The van der Waals surface area contributed by atoms with Crippen LogP contribution in [0.25, 0.3) is 0 Å². The number of methoxy groups -OCH3 is 1. The number of hydrogen-bond acceptors (Lipinski definition) is 2. The lowest BCUT2D eigenvalue weighted by Crippen LogP contribution is -2.29. The fraction of sp³-hybridized carbons (Fsp3) is 0.188. The third-order valence-electron chi connectivity index (χ3n) is 3.07. The van der Waals surface area contributed by atoms with E-state index in [0.29, 0.717) is 21.7 Å². The maximum absolute atomic E-state index is 12.4. The van der Waals surface area contributed by atoms with Crippen LogP contribution in [-0.2, 0) is 0 Å². The molecule has 0 aliphatic rings. The summed E-state index contributed by atoms with van der Waals surface area (Å²) in [6, 6.07) is 14.6. The van der Waals surface area contributed by atoms with Gasteiger partial charge < -0.3 is 10.1 Å². The Morgan fingerprint density at radius 2 is 2.00 bits per heavy atom. The molecule has 0 fully saturated rings. The van der Waals surface area contributed by atoms with Crippen molar-refractivity contribution in [1.82, 2.24) is 5.32 Å². The number of rotatable bonds is 5. The molecule has 3 nitrogen and oxygen atoms in total. The van der Waals surface area contributed by atoms with Crippen molar-refractivity contribution in [2.75, 3.05) is 12.4 Å². The Labute approximate surface area is 137 Å². The third kappa shape index (κ3) is 3.99. The molecule has 0 aromatic heterocycles. The van der Waals surface area contributed by atoms with Gasteiger partial charge >= 0.3 is 0 Å². The standard InChI is InChI=1S/C16H15BrClNO2/c1-21-15-8-7-12(18)9-13(15)16(20)19-14(10-17)11-5-3-2-4-6-11/h2-9,14H,10H2,1H3,(H,19,20). The Hall–Kier alpha value is -1.52. The molecule has 0 saturated carbocycles. The van der Waals surface area contributed by atoms with Gasteiger partial charge in [-0.1, -0.05) is 57.9 Å². The number of benzene rings is 2. The molecule has 0 heterocycles. The van der Waals surface area contributed by atoms with Gasteiger partial charge in [0.1, 0.15) is 5.75 Å². The van der Waals surface area contributed by atoms with Crippen LogP contribution in [0.1, 0.15) is 22.0 Å². The van der Waals surface area contributed by atoms with Crippen molar-refractivity contribution in [3.63, 3.8) is 0 Å². The molecule has 1 atom stereocenters. The molecule has 0 radical (unpaired) electrons. The average Bonchev–Trinajstić information content (AvgIpc) is 2.53. The van der Waals surface area contributed by atoms with Gasteiger partial charge in [0.05, 0.1) is 18.7 Å². The lowest BCUT2D eigenvalue weighted by molar-refractivity contribution is 0.0937. The zero-order valence-electron chi connectivity index (χ0n) is 11.5. The number of ether oxygens (including phenoxy) is 1. The van der Waals surface area contributed by atoms with Crippen LogP contribution in [0.5, 0.6) is 5.75 Å². The number of amides is 1. The van der Waals surface area contributed by atoms with E-state index < -0.39 is 0 Å². The SMILES string of the molecule is COc1ccc(Cl)cc1C(=O)NC(CBr)c1ccccc1. The minimum atomic E-state index is -0.220. The second-order valence-corrected chi connectivity index (χ2v) is 5.52. The second-order valence-electron chi connectivity index (χ2n) is 4.44. The minimum Gasteiger partial charge on any atom is -0.496 e. The summed E-state index contributed by atoms with van der Waals surface area (Å²) in [5, 5.41) is 4.09. The Kier molecular flexibility index (Phi) is 5.65. The van der Waals surface area contributed by atoms with Crippen molar-refractivity contribution in [1.29, 1.82) is 0 Å². The van der Waals surface area contributed by atoms with Crippen molar-refractivity contribution in [3.8, 4) is 5.75 Å². The normalized spacial score (nSPS) is 11.8. The molecule has 1 unspecified atom stereocenters. The van der Waals surface area contributed by atoms with Crippen molar-refractivity contribution in [3.05, 3.63) is 64.7 Å². The smallest absolute Gasteiger partial charge is 0.255 e. The van der Waals surface area contributed by atoms with Crippen LogP contribution < -0.4 is 10.1 Å². The molecule has 0 aliphatic heterocycles. The largest absolute Gasteiger partial charge is 0.496 e. The maximum Gasteiger partial charge on any atom is 0.255 e. The van der Waals surface area contributed by atoms with E-state index in [4.69, 9.17) is 16.3 Å². The molecule has 0 saturated heterocycles. The Bertz CT molecular complexity index is 619. The van der Waals surface area contributed by atoms with Gasteiger partial charge in [-0.25, -0.2) is 0 Å². The first-order valence-electron chi connectivity index (χ1n) is 6.41. The van der Waals surface area contributed by atoms with Crippen LogP contribution in [0.15, 0.2) is 48.5 Å². The molecule has 2 aromatic carbocycles. The van der Waals surface area contributed by atoms with E-state index in [9.17, 15) is 4.79 Å². The topological polar surface area (TPSA) is 38.3 Å². The molecule has 0 aliphatic carbocycles. The summed E-state index contributed by atoms with van der Waals surface area (Å²) in [5.41, 5.74) is 1.45. The summed E-state index contributed by atoms with van der Waals surface area (Å²) in [5.74, 6) is 0.279. The lowest BCUT2D eigenvalue weighted by atomic mass is 10.1. The minimum absolute atomic E-state index is 0.123. The van der Waals surface area contributed by atoms with E-state index in [-0.39, 0.29) is 11.9 Å². The molecular weight excluding hydrogens is 354 g/mol. The van der Waals surface area contributed by atoms with E-state index in [1.807, 2.05) is 30.3 Å². The molecule has 1 N–H and O–H groups in total. The van der Waals surface area contributed by atoms with Crippen LogP contribution in [0.3, 0.4) is 0 Å². The lowest BCUT2D eigenvalue weighted by Gasteiger charge is -2.18. The van der Waals surface area contributed by atoms with Gasteiger partial charge in [-0.3, -0.25) is 4.79 Å². The number of carbonyl (C=O) groups excluding carboxylic acids is 1. The number of carbonyl (C=O) groups is 1. The number of alkyl halides is 1. The van der Waals surface area contributed by atoms with Gasteiger partial charge in [-0.15, -0.1) is 0 Å². The number of hydrogen-bond donors (Lipinski definition) is 1. The second kappa shape index (κ2) is 7.48. The van der Waals surface area contributed by atoms with Crippen LogP contribution in [0, 0.1) is 0 Å². The maximum atomic E-state index is 12.4. The van der Waals surface area contributed by atoms with Crippen LogP contribution in [0.4, 0.5) is 0 Å². The molecule has 0 spiro atoms.